The van der Waals surface area contributed by atoms with Crippen LogP contribution < -0.4 is 10.6 Å². The SMILES string of the molecule is C[C@@H]1CC(C)(C)C[C@@]2(C1)NC(=O)N(CC(=O)OCC(=O)Nc1ccc(F)cc1)C2=O. The Morgan fingerprint density at radius 1 is 1.23 bits per heavy atom. The zero-order valence-electron chi connectivity index (χ0n) is 17.3. The van der Waals surface area contributed by atoms with Crippen LogP contribution in [-0.4, -0.2) is 47.4 Å². The predicted octanol–water partition coefficient (Wildman–Crippen LogP) is 2.44. The van der Waals surface area contributed by atoms with E-state index in [0.29, 0.717) is 18.5 Å². The van der Waals surface area contributed by atoms with E-state index >= 15 is 0 Å². The van der Waals surface area contributed by atoms with Crippen LogP contribution in [0.2, 0.25) is 0 Å². The number of carbonyl (C=O) groups is 4. The highest BCUT2D eigenvalue weighted by Gasteiger charge is 2.56. The van der Waals surface area contributed by atoms with Gasteiger partial charge in [-0.3, -0.25) is 19.3 Å². The lowest BCUT2D eigenvalue weighted by atomic mass is 9.64. The lowest BCUT2D eigenvalue weighted by Crippen LogP contribution is -2.54. The molecule has 8 nitrogen and oxygen atoms in total. The molecule has 0 bridgehead atoms. The van der Waals surface area contributed by atoms with Gasteiger partial charge in [0.2, 0.25) is 0 Å². The van der Waals surface area contributed by atoms with Crippen LogP contribution in [0.15, 0.2) is 24.3 Å². The molecule has 30 heavy (non-hydrogen) atoms. The average Bonchev–Trinajstić information content (AvgIpc) is 2.83. The Morgan fingerprint density at radius 3 is 2.53 bits per heavy atom. The number of urea groups is 1. The van der Waals surface area contributed by atoms with E-state index in [0.717, 1.165) is 11.3 Å². The van der Waals surface area contributed by atoms with Gasteiger partial charge in [0.1, 0.15) is 17.9 Å². The fourth-order valence-electron chi connectivity index (χ4n) is 4.70. The van der Waals surface area contributed by atoms with Gasteiger partial charge < -0.3 is 15.4 Å². The first-order valence-corrected chi connectivity index (χ1v) is 9.85. The van der Waals surface area contributed by atoms with E-state index in [1.54, 1.807) is 0 Å². The fraction of sp³-hybridized carbons (Fsp3) is 0.524. The smallest absolute Gasteiger partial charge is 0.326 e. The minimum Gasteiger partial charge on any atom is -0.454 e. The molecule has 0 radical (unpaired) electrons. The van der Waals surface area contributed by atoms with Gasteiger partial charge in [0.15, 0.2) is 6.61 Å². The van der Waals surface area contributed by atoms with Gasteiger partial charge in [0.05, 0.1) is 0 Å². The third-order valence-electron chi connectivity index (χ3n) is 5.40. The summed E-state index contributed by atoms with van der Waals surface area (Å²) < 4.78 is 17.8. The standard InChI is InChI=1S/C21H26FN3O5/c1-13-8-20(2,3)12-21(9-13)18(28)25(19(29)24-21)10-17(27)30-11-16(26)23-15-6-4-14(22)5-7-15/h4-7,13H,8-12H2,1-3H3,(H,23,26)(H,24,29)/t13-,21-/m1/s1. The second kappa shape index (κ2) is 8.04. The highest BCUT2D eigenvalue weighted by molar-refractivity contribution is 6.09. The van der Waals surface area contributed by atoms with Crippen molar-refractivity contribution < 1.29 is 28.3 Å². The van der Waals surface area contributed by atoms with Gasteiger partial charge in [0.25, 0.3) is 11.8 Å². The molecule has 1 heterocycles. The number of anilines is 1. The Balaban J connectivity index is 1.55. The lowest BCUT2D eigenvalue weighted by Gasteiger charge is -2.43. The first-order chi connectivity index (χ1) is 14.0. The molecule has 0 aromatic heterocycles. The maximum atomic E-state index is 13.0. The van der Waals surface area contributed by atoms with Crippen molar-refractivity contribution in [3.63, 3.8) is 0 Å². The Hall–Kier alpha value is -2.97. The number of imide groups is 1. The van der Waals surface area contributed by atoms with Crippen LogP contribution in [-0.2, 0) is 19.1 Å². The van der Waals surface area contributed by atoms with Crippen LogP contribution in [0.1, 0.15) is 40.0 Å². The molecule has 1 saturated heterocycles. The summed E-state index contributed by atoms with van der Waals surface area (Å²) in [7, 11) is 0. The Morgan fingerprint density at radius 2 is 1.90 bits per heavy atom. The van der Waals surface area contributed by atoms with Crippen molar-refractivity contribution in [1.29, 1.82) is 0 Å². The van der Waals surface area contributed by atoms with Gasteiger partial charge in [0, 0.05) is 5.69 Å². The van der Waals surface area contributed by atoms with Crippen LogP contribution in [0.25, 0.3) is 0 Å². The molecule has 9 heteroatoms. The van der Waals surface area contributed by atoms with Gasteiger partial charge in [-0.2, -0.15) is 0 Å². The molecule has 1 aliphatic heterocycles. The summed E-state index contributed by atoms with van der Waals surface area (Å²) in [5, 5.41) is 5.24. The van der Waals surface area contributed by atoms with E-state index in [1.165, 1.54) is 24.3 Å². The van der Waals surface area contributed by atoms with Crippen molar-refractivity contribution in [2.45, 2.75) is 45.6 Å². The summed E-state index contributed by atoms with van der Waals surface area (Å²) >= 11 is 0. The number of esters is 1. The molecule has 1 aromatic carbocycles. The minimum absolute atomic E-state index is 0.116. The monoisotopic (exact) mass is 419 g/mol. The van der Waals surface area contributed by atoms with E-state index in [9.17, 15) is 23.6 Å². The topological polar surface area (TPSA) is 105 Å². The molecule has 1 spiro atoms. The molecule has 2 atom stereocenters. The van der Waals surface area contributed by atoms with E-state index in [2.05, 4.69) is 24.5 Å². The molecule has 3 rings (SSSR count). The van der Waals surface area contributed by atoms with Crippen molar-refractivity contribution in [2.24, 2.45) is 11.3 Å². The van der Waals surface area contributed by atoms with E-state index in [4.69, 9.17) is 4.74 Å². The van der Waals surface area contributed by atoms with Crippen molar-refractivity contribution in [2.75, 3.05) is 18.5 Å². The first-order valence-electron chi connectivity index (χ1n) is 9.85. The second-order valence-electron chi connectivity index (χ2n) is 8.97. The van der Waals surface area contributed by atoms with Crippen LogP contribution in [0, 0.1) is 17.2 Å². The van der Waals surface area contributed by atoms with Crippen LogP contribution >= 0.6 is 0 Å². The lowest BCUT2D eigenvalue weighted by molar-refractivity contribution is -0.150. The Bertz CT molecular complexity index is 870. The number of amides is 4. The van der Waals surface area contributed by atoms with Gasteiger partial charge >= 0.3 is 12.0 Å². The number of hydrogen-bond acceptors (Lipinski definition) is 5. The average molecular weight is 419 g/mol. The molecule has 2 aliphatic rings. The van der Waals surface area contributed by atoms with Gasteiger partial charge in [-0.1, -0.05) is 20.8 Å². The van der Waals surface area contributed by atoms with Crippen molar-refractivity contribution in [3.8, 4) is 0 Å². The minimum atomic E-state index is -1.00. The maximum Gasteiger partial charge on any atom is 0.326 e. The molecule has 2 fully saturated rings. The number of rotatable bonds is 5. The number of ether oxygens (including phenoxy) is 1. The maximum absolute atomic E-state index is 13.0. The molecule has 1 aromatic rings. The molecule has 162 valence electrons. The fourth-order valence-corrected chi connectivity index (χ4v) is 4.70. The summed E-state index contributed by atoms with van der Waals surface area (Å²) in [4.78, 5) is 50.2. The van der Waals surface area contributed by atoms with E-state index < -0.39 is 48.3 Å². The third kappa shape index (κ3) is 4.77. The number of carbonyl (C=O) groups excluding carboxylic acids is 4. The highest BCUT2D eigenvalue weighted by Crippen LogP contribution is 2.46. The number of hydrogen-bond donors (Lipinski definition) is 2. The van der Waals surface area contributed by atoms with E-state index in [-0.39, 0.29) is 11.3 Å². The second-order valence-corrected chi connectivity index (χ2v) is 8.97. The van der Waals surface area contributed by atoms with Crippen LogP contribution in [0.5, 0.6) is 0 Å². The Kier molecular flexibility index (Phi) is 5.83. The zero-order valence-corrected chi connectivity index (χ0v) is 17.3. The molecule has 1 saturated carbocycles. The molecule has 4 amide bonds. The first kappa shape index (κ1) is 21.7. The summed E-state index contributed by atoms with van der Waals surface area (Å²) in [6.45, 7) is 5.00. The van der Waals surface area contributed by atoms with Gasteiger partial charge in [-0.05, 0) is 54.9 Å². The Labute approximate surface area is 174 Å². The van der Waals surface area contributed by atoms with Gasteiger partial charge in [-0.15, -0.1) is 0 Å². The highest BCUT2D eigenvalue weighted by atomic mass is 19.1. The molecular formula is C21H26FN3O5. The van der Waals surface area contributed by atoms with Gasteiger partial charge in [-0.25, -0.2) is 9.18 Å². The predicted molar refractivity (Wildman–Crippen MR) is 106 cm³/mol. The zero-order chi connectivity index (χ0) is 22.1. The summed E-state index contributed by atoms with van der Waals surface area (Å²) in [6, 6.07) is 4.48. The largest absolute Gasteiger partial charge is 0.454 e. The third-order valence-corrected chi connectivity index (χ3v) is 5.40. The van der Waals surface area contributed by atoms with Crippen molar-refractivity contribution in [1.82, 2.24) is 10.2 Å². The number of nitrogens with zero attached hydrogens (tertiary/aromatic N) is 1. The number of nitrogens with one attached hydrogen (secondary N) is 2. The van der Waals surface area contributed by atoms with Crippen molar-refractivity contribution in [3.05, 3.63) is 30.1 Å². The summed E-state index contributed by atoms with van der Waals surface area (Å²) in [6.07, 6.45) is 1.97. The van der Waals surface area contributed by atoms with Crippen molar-refractivity contribution >= 4 is 29.5 Å². The normalized spacial score (nSPS) is 25.2. The molecule has 2 N–H and O–H groups in total. The van der Waals surface area contributed by atoms with Crippen LogP contribution in [0.4, 0.5) is 14.9 Å². The summed E-state index contributed by atoms with van der Waals surface area (Å²) in [5.41, 5.74) is -0.767. The molecular weight excluding hydrogens is 393 g/mol. The quantitative estimate of drug-likeness (QED) is 0.563. The van der Waals surface area contributed by atoms with Crippen LogP contribution in [0.3, 0.4) is 0 Å². The number of halogens is 1. The summed E-state index contributed by atoms with van der Waals surface area (Å²) in [5.74, 6) is -2.11. The van der Waals surface area contributed by atoms with E-state index in [1.807, 2.05) is 6.92 Å². The molecule has 1 aliphatic carbocycles. The number of benzene rings is 1. The molecule has 0 unspecified atom stereocenters.